The molecule has 1 heterocycles. The fourth-order valence-corrected chi connectivity index (χ4v) is 5.57. The number of fused-ring (bicyclic) bond motifs is 1. The second-order valence-electron chi connectivity index (χ2n) is 8.51. The number of carbonyl (C=O) groups is 1. The van der Waals surface area contributed by atoms with Crippen molar-refractivity contribution in [3.05, 3.63) is 101 Å². The van der Waals surface area contributed by atoms with E-state index in [0.717, 1.165) is 16.9 Å². The Morgan fingerprint density at radius 2 is 1.61 bits per heavy atom. The number of amides is 1. The number of thiocarbonyl (C=S) groups is 1. The number of benzene rings is 4. The zero-order valence-electron chi connectivity index (χ0n) is 21.2. The molecule has 38 heavy (non-hydrogen) atoms. The monoisotopic (exact) mass is 541 g/mol. The molecule has 4 aromatic rings. The number of anilines is 1. The SMILES string of the molecule is CCOc1ccc(N2C(=O)/C(=C\c3ccc(OCc4cccc5ccccc45)c(OCC)c3)SC2=S)cc1. The van der Waals surface area contributed by atoms with E-state index >= 15 is 0 Å². The molecule has 0 aromatic heterocycles. The first-order chi connectivity index (χ1) is 18.6. The van der Waals surface area contributed by atoms with Crippen LogP contribution < -0.4 is 19.1 Å². The van der Waals surface area contributed by atoms with Crippen molar-refractivity contribution in [3.8, 4) is 17.2 Å². The highest BCUT2D eigenvalue weighted by Gasteiger charge is 2.33. The second kappa shape index (κ2) is 11.7. The summed E-state index contributed by atoms with van der Waals surface area (Å²) in [5.74, 6) is 1.88. The largest absolute Gasteiger partial charge is 0.494 e. The maximum atomic E-state index is 13.2. The summed E-state index contributed by atoms with van der Waals surface area (Å²) in [6, 6.07) is 27.5. The van der Waals surface area contributed by atoms with Crippen molar-refractivity contribution < 1.29 is 19.0 Å². The van der Waals surface area contributed by atoms with Gasteiger partial charge in [0.25, 0.3) is 5.91 Å². The van der Waals surface area contributed by atoms with Crippen molar-refractivity contribution in [2.45, 2.75) is 20.5 Å². The Kier molecular flexibility index (Phi) is 7.96. The van der Waals surface area contributed by atoms with Gasteiger partial charge < -0.3 is 14.2 Å². The Morgan fingerprint density at radius 1 is 0.842 bits per heavy atom. The van der Waals surface area contributed by atoms with Crippen LogP contribution in [0.15, 0.2) is 89.8 Å². The van der Waals surface area contributed by atoms with Gasteiger partial charge in [0.1, 0.15) is 12.4 Å². The Labute approximate surface area is 232 Å². The van der Waals surface area contributed by atoms with Crippen LogP contribution in [0.25, 0.3) is 16.8 Å². The van der Waals surface area contributed by atoms with E-state index in [1.807, 2.05) is 80.6 Å². The zero-order chi connectivity index (χ0) is 26.5. The van der Waals surface area contributed by atoms with Gasteiger partial charge in [-0.1, -0.05) is 72.5 Å². The normalized spacial score (nSPS) is 14.4. The quantitative estimate of drug-likeness (QED) is 0.160. The highest BCUT2D eigenvalue weighted by molar-refractivity contribution is 8.27. The van der Waals surface area contributed by atoms with E-state index in [-0.39, 0.29) is 5.91 Å². The van der Waals surface area contributed by atoms with Crippen LogP contribution in [0.5, 0.6) is 17.2 Å². The third kappa shape index (κ3) is 5.54. The predicted octanol–water partition coefficient (Wildman–Crippen LogP) is 7.62. The van der Waals surface area contributed by atoms with Gasteiger partial charge in [0.05, 0.1) is 23.8 Å². The van der Waals surface area contributed by atoms with Crippen LogP contribution in [0.1, 0.15) is 25.0 Å². The fourth-order valence-electron chi connectivity index (χ4n) is 4.28. The number of ether oxygens (including phenoxy) is 3. The van der Waals surface area contributed by atoms with Crippen LogP contribution in [0.4, 0.5) is 5.69 Å². The highest BCUT2D eigenvalue weighted by atomic mass is 32.2. The average molecular weight is 542 g/mol. The molecule has 1 aliphatic rings. The lowest BCUT2D eigenvalue weighted by atomic mass is 10.1. The number of thioether (sulfide) groups is 1. The minimum Gasteiger partial charge on any atom is -0.494 e. The summed E-state index contributed by atoms with van der Waals surface area (Å²) >= 11 is 6.81. The molecule has 4 aromatic carbocycles. The summed E-state index contributed by atoms with van der Waals surface area (Å²) in [5.41, 5.74) is 2.65. The molecule has 1 saturated heterocycles. The summed E-state index contributed by atoms with van der Waals surface area (Å²) in [6.07, 6.45) is 1.84. The third-order valence-corrected chi connectivity index (χ3v) is 7.33. The molecule has 1 fully saturated rings. The highest BCUT2D eigenvalue weighted by Crippen LogP contribution is 2.38. The van der Waals surface area contributed by atoms with Crippen LogP contribution >= 0.6 is 24.0 Å². The molecular formula is C31H27NO4S2. The lowest BCUT2D eigenvalue weighted by Crippen LogP contribution is -2.27. The Bertz CT molecular complexity index is 1510. The standard InChI is InChI=1S/C31H27NO4S2/c1-3-34-25-15-13-24(14-16-25)32-30(33)29(38-31(32)37)19-21-12-17-27(28(18-21)35-4-2)36-20-23-10-7-9-22-8-5-6-11-26(22)23/h5-19H,3-4,20H2,1-2H3/b29-19+. The van der Waals surface area contributed by atoms with Crippen molar-refractivity contribution in [3.63, 3.8) is 0 Å². The molecule has 5 rings (SSSR count). The van der Waals surface area contributed by atoms with Crippen LogP contribution in [0.2, 0.25) is 0 Å². The fraction of sp³-hybridized carbons (Fsp3) is 0.161. The molecule has 5 nitrogen and oxygen atoms in total. The third-order valence-electron chi connectivity index (χ3n) is 6.03. The van der Waals surface area contributed by atoms with E-state index in [1.165, 1.54) is 22.5 Å². The predicted molar refractivity (Wildman–Crippen MR) is 159 cm³/mol. The van der Waals surface area contributed by atoms with Crippen molar-refractivity contribution in [2.24, 2.45) is 0 Å². The van der Waals surface area contributed by atoms with E-state index in [0.29, 0.717) is 46.2 Å². The van der Waals surface area contributed by atoms with Gasteiger partial charge in [0, 0.05) is 0 Å². The van der Waals surface area contributed by atoms with Crippen molar-refractivity contribution in [2.75, 3.05) is 18.1 Å². The summed E-state index contributed by atoms with van der Waals surface area (Å²) in [7, 11) is 0. The molecule has 0 aliphatic carbocycles. The topological polar surface area (TPSA) is 48.0 Å². The van der Waals surface area contributed by atoms with Gasteiger partial charge in [-0.25, -0.2) is 0 Å². The van der Waals surface area contributed by atoms with Gasteiger partial charge in [-0.15, -0.1) is 0 Å². The summed E-state index contributed by atoms with van der Waals surface area (Å²) in [4.78, 5) is 15.3. The Balaban J connectivity index is 1.35. The summed E-state index contributed by atoms with van der Waals surface area (Å²) in [5, 5.41) is 2.34. The molecule has 0 unspecified atom stereocenters. The molecule has 192 valence electrons. The number of carbonyl (C=O) groups excluding carboxylic acids is 1. The van der Waals surface area contributed by atoms with Crippen molar-refractivity contribution in [1.82, 2.24) is 0 Å². The smallest absolute Gasteiger partial charge is 0.270 e. The molecule has 0 atom stereocenters. The molecule has 0 spiro atoms. The maximum absolute atomic E-state index is 13.2. The van der Waals surface area contributed by atoms with Gasteiger partial charge in [-0.05, 0) is 78.2 Å². The van der Waals surface area contributed by atoms with Crippen LogP contribution in [0, 0.1) is 0 Å². The van der Waals surface area contributed by atoms with Crippen LogP contribution in [-0.2, 0) is 11.4 Å². The number of rotatable bonds is 9. The Morgan fingerprint density at radius 3 is 2.39 bits per heavy atom. The van der Waals surface area contributed by atoms with Crippen LogP contribution in [-0.4, -0.2) is 23.4 Å². The number of hydrogen-bond donors (Lipinski definition) is 0. The van der Waals surface area contributed by atoms with Gasteiger partial charge in [0.15, 0.2) is 15.8 Å². The Hall–Kier alpha value is -3.81. The van der Waals surface area contributed by atoms with E-state index in [1.54, 1.807) is 4.90 Å². The van der Waals surface area contributed by atoms with Gasteiger partial charge in [-0.3, -0.25) is 9.69 Å². The van der Waals surface area contributed by atoms with E-state index in [2.05, 4.69) is 24.3 Å². The molecule has 0 bridgehead atoms. The first kappa shape index (κ1) is 25.8. The zero-order valence-corrected chi connectivity index (χ0v) is 22.8. The molecule has 1 aliphatic heterocycles. The number of nitrogens with zero attached hydrogens (tertiary/aromatic N) is 1. The molecular weight excluding hydrogens is 514 g/mol. The maximum Gasteiger partial charge on any atom is 0.270 e. The summed E-state index contributed by atoms with van der Waals surface area (Å²) < 4.78 is 18.1. The summed E-state index contributed by atoms with van der Waals surface area (Å²) in [6.45, 7) is 5.36. The molecule has 1 amide bonds. The first-order valence-electron chi connectivity index (χ1n) is 12.4. The minimum atomic E-state index is -0.154. The van der Waals surface area contributed by atoms with Crippen molar-refractivity contribution >= 4 is 56.7 Å². The lowest BCUT2D eigenvalue weighted by Gasteiger charge is -2.15. The molecule has 7 heteroatoms. The molecule has 0 radical (unpaired) electrons. The second-order valence-corrected chi connectivity index (χ2v) is 10.2. The average Bonchev–Trinajstić information content (AvgIpc) is 3.21. The van der Waals surface area contributed by atoms with E-state index in [4.69, 9.17) is 26.4 Å². The van der Waals surface area contributed by atoms with Gasteiger partial charge in [-0.2, -0.15) is 0 Å². The van der Waals surface area contributed by atoms with Gasteiger partial charge >= 0.3 is 0 Å². The van der Waals surface area contributed by atoms with Crippen LogP contribution in [0.3, 0.4) is 0 Å². The number of hydrogen-bond acceptors (Lipinski definition) is 6. The lowest BCUT2D eigenvalue weighted by molar-refractivity contribution is -0.113. The van der Waals surface area contributed by atoms with Gasteiger partial charge in [0.2, 0.25) is 0 Å². The molecule has 0 saturated carbocycles. The van der Waals surface area contributed by atoms with E-state index < -0.39 is 0 Å². The molecule has 0 N–H and O–H groups in total. The van der Waals surface area contributed by atoms with Crippen molar-refractivity contribution in [1.29, 1.82) is 0 Å². The first-order valence-corrected chi connectivity index (χ1v) is 13.7. The minimum absolute atomic E-state index is 0.154. The van der Waals surface area contributed by atoms with E-state index in [9.17, 15) is 4.79 Å².